The molecule has 3 nitrogen and oxygen atoms in total. The molecule has 0 aromatic heterocycles. The first-order chi connectivity index (χ1) is 9.60. The maximum absolute atomic E-state index is 11.0. The van der Waals surface area contributed by atoms with Crippen LogP contribution in [0.2, 0.25) is 0 Å². The van der Waals surface area contributed by atoms with Crippen LogP contribution >= 0.6 is 11.8 Å². The van der Waals surface area contributed by atoms with Gasteiger partial charge in [-0.3, -0.25) is 0 Å². The van der Waals surface area contributed by atoms with Crippen molar-refractivity contribution in [2.45, 2.75) is 17.6 Å². The lowest BCUT2D eigenvalue weighted by Gasteiger charge is -2.07. The van der Waals surface area contributed by atoms with Gasteiger partial charge in [0.25, 0.3) is 0 Å². The molecule has 0 radical (unpaired) electrons. The second kappa shape index (κ2) is 6.27. The fourth-order valence-electron chi connectivity index (χ4n) is 1.73. The second-order valence-corrected chi connectivity index (χ2v) is 5.40. The number of aromatic carboxylic acids is 1. The zero-order valence-corrected chi connectivity index (χ0v) is 11.8. The van der Waals surface area contributed by atoms with Gasteiger partial charge in [0.1, 0.15) is 0 Å². The third kappa shape index (κ3) is 3.40. The highest BCUT2D eigenvalue weighted by atomic mass is 32.2. The van der Waals surface area contributed by atoms with E-state index in [9.17, 15) is 4.79 Å². The van der Waals surface area contributed by atoms with Gasteiger partial charge in [0.15, 0.2) is 0 Å². The van der Waals surface area contributed by atoms with Crippen LogP contribution < -0.4 is 0 Å². The van der Waals surface area contributed by atoms with E-state index in [1.54, 1.807) is 36.0 Å². The van der Waals surface area contributed by atoms with Crippen molar-refractivity contribution < 1.29 is 9.90 Å². The molecule has 0 saturated carbocycles. The number of nitrogens with zero attached hydrogens (tertiary/aromatic N) is 1. The predicted molar refractivity (Wildman–Crippen MR) is 78.9 cm³/mol. The van der Waals surface area contributed by atoms with Gasteiger partial charge in [-0.05, 0) is 42.3 Å². The van der Waals surface area contributed by atoms with E-state index >= 15 is 0 Å². The van der Waals surface area contributed by atoms with E-state index in [0.29, 0.717) is 11.1 Å². The molecule has 0 aliphatic heterocycles. The maximum atomic E-state index is 11.0. The molecular weight excluding hydrogens is 270 g/mol. The van der Waals surface area contributed by atoms with Crippen molar-refractivity contribution in [3.8, 4) is 6.07 Å². The Kier molecular flexibility index (Phi) is 4.44. The molecule has 4 heteroatoms. The summed E-state index contributed by atoms with van der Waals surface area (Å²) in [6.07, 6.45) is 0. The zero-order chi connectivity index (χ0) is 14.5. The van der Waals surface area contributed by atoms with Gasteiger partial charge in [-0.15, -0.1) is 11.8 Å². The summed E-state index contributed by atoms with van der Waals surface area (Å²) in [7, 11) is 0. The lowest BCUT2D eigenvalue weighted by molar-refractivity contribution is 0.0696. The van der Waals surface area contributed by atoms with Crippen LogP contribution in [-0.4, -0.2) is 11.1 Å². The number of carboxylic acids is 1. The predicted octanol–water partition coefficient (Wildman–Crippen LogP) is 3.86. The minimum absolute atomic E-state index is 0.304. The van der Waals surface area contributed by atoms with E-state index in [0.717, 1.165) is 21.8 Å². The van der Waals surface area contributed by atoms with Gasteiger partial charge in [-0.2, -0.15) is 5.26 Å². The van der Waals surface area contributed by atoms with Crippen LogP contribution in [0.4, 0.5) is 0 Å². The Morgan fingerprint density at radius 2 is 1.95 bits per heavy atom. The fourth-order valence-corrected chi connectivity index (χ4v) is 2.75. The normalized spacial score (nSPS) is 10.0. The summed E-state index contributed by atoms with van der Waals surface area (Å²) in [6, 6.07) is 14.6. The summed E-state index contributed by atoms with van der Waals surface area (Å²) in [5, 5.41) is 17.7. The van der Waals surface area contributed by atoms with Crippen molar-refractivity contribution in [3.63, 3.8) is 0 Å². The summed E-state index contributed by atoms with van der Waals surface area (Å²) in [5.74, 6) is -0.166. The second-order valence-electron chi connectivity index (χ2n) is 4.38. The third-order valence-electron chi connectivity index (χ3n) is 2.91. The Balaban J connectivity index is 2.12. The van der Waals surface area contributed by atoms with E-state index in [2.05, 4.69) is 6.07 Å². The molecule has 0 saturated heterocycles. The lowest BCUT2D eigenvalue weighted by Crippen LogP contribution is -1.96. The molecule has 0 aliphatic carbocycles. The summed E-state index contributed by atoms with van der Waals surface area (Å²) < 4.78 is 0. The van der Waals surface area contributed by atoms with Crippen LogP contribution in [0.5, 0.6) is 0 Å². The van der Waals surface area contributed by atoms with Crippen LogP contribution in [0.25, 0.3) is 0 Å². The van der Waals surface area contributed by atoms with Gasteiger partial charge >= 0.3 is 5.97 Å². The van der Waals surface area contributed by atoms with Crippen molar-refractivity contribution in [1.82, 2.24) is 0 Å². The zero-order valence-electron chi connectivity index (χ0n) is 11.0. The van der Waals surface area contributed by atoms with Crippen LogP contribution in [0.15, 0.2) is 47.4 Å². The van der Waals surface area contributed by atoms with Crippen LogP contribution in [-0.2, 0) is 5.75 Å². The summed E-state index contributed by atoms with van der Waals surface area (Å²) in [5.41, 5.74) is 3.11. The first-order valence-corrected chi connectivity index (χ1v) is 7.04. The Morgan fingerprint density at radius 1 is 1.25 bits per heavy atom. The molecule has 0 aliphatic rings. The van der Waals surface area contributed by atoms with E-state index in [4.69, 9.17) is 10.4 Å². The van der Waals surface area contributed by atoms with Crippen molar-refractivity contribution in [2.75, 3.05) is 0 Å². The Hall–Kier alpha value is -2.25. The number of nitriles is 1. The molecule has 100 valence electrons. The molecule has 0 amide bonds. The van der Waals surface area contributed by atoms with Crippen LogP contribution in [0.1, 0.15) is 27.0 Å². The lowest BCUT2D eigenvalue weighted by atomic mass is 10.1. The number of hydrogen-bond acceptors (Lipinski definition) is 3. The van der Waals surface area contributed by atoms with Gasteiger partial charge in [0.05, 0.1) is 17.2 Å². The monoisotopic (exact) mass is 283 g/mol. The smallest absolute Gasteiger partial charge is 0.335 e. The molecule has 2 aromatic carbocycles. The standard InChI is InChI=1S/C16H13NO2S/c1-11-2-7-14(16(18)19)8-15(11)20-10-13-5-3-12(9-17)4-6-13/h2-8H,10H2,1H3,(H,18,19). The highest BCUT2D eigenvalue weighted by Gasteiger charge is 2.07. The maximum Gasteiger partial charge on any atom is 0.335 e. The number of thioether (sulfide) groups is 1. The Labute approximate surface area is 121 Å². The molecule has 2 aromatic rings. The molecule has 1 N–H and O–H groups in total. The highest BCUT2D eigenvalue weighted by Crippen LogP contribution is 2.27. The van der Waals surface area contributed by atoms with Gasteiger partial charge in [-0.25, -0.2) is 4.79 Å². The number of aryl methyl sites for hydroxylation is 1. The van der Waals surface area contributed by atoms with Gasteiger partial charge in [0.2, 0.25) is 0 Å². The average molecular weight is 283 g/mol. The van der Waals surface area contributed by atoms with E-state index in [1.165, 1.54) is 0 Å². The number of carboxylic acid groups (broad SMARTS) is 1. The van der Waals surface area contributed by atoms with Crippen molar-refractivity contribution in [2.24, 2.45) is 0 Å². The topological polar surface area (TPSA) is 61.1 Å². The number of hydrogen-bond donors (Lipinski definition) is 1. The van der Waals surface area contributed by atoms with Gasteiger partial charge < -0.3 is 5.11 Å². The van der Waals surface area contributed by atoms with Gasteiger partial charge in [-0.1, -0.05) is 18.2 Å². The number of benzene rings is 2. The third-order valence-corrected chi connectivity index (χ3v) is 4.14. The number of rotatable bonds is 4. The quantitative estimate of drug-likeness (QED) is 0.866. The summed E-state index contributed by atoms with van der Waals surface area (Å²) >= 11 is 1.60. The highest BCUT2D eigenvalue weighted by molar-refractivity contribution is 7.98. The Morgan fingerprint density at radius 3 is 2.55 bits per heavy atom. The first kappa shape index (κ1) is 14.2. The molecule has 0 atom stereocenters. The van der Waals surface area contributed by atoms with E-state index in [1.807, 2.05) is 25.1 Å². The average Bonchev–Trinajstić information content (AvgIpc) is 2.46. The minimum Gasteiger partial charge on any atom is -0.478 e. The first-order valence-electron chi connectivity index (χ1n) is 6.06. The Bertz CT molecular complexity index is 672. The van der Waals surface area contributed by atoms with Crippen LogP contribution in [0, 0.1) is 18.3 Å². The summed E-state index contributed by atoms with van der Waals surface area (Å²) in [6.45, 7) is 1.97. The molecule has 20 heavy (non-hydrogen) atoms. The van der Waals surface area contributed by atoms with Crippen molar-refractivity contribution in [3.05, 3.63) is 64.7 Å². The summed E-state index contributed by atoms with van der Waals surface area (Å²) in [4.78, 5) is 11.9. The van der Waals surface area contributed by atoms with Crippen LogP contribution in [0.3, 0.4) is 0 Å². The van der Waals surface area contributed by atoms with Crippen molar-refractivity contribution >= 4 is 17.7 Å². The molecular formula is C16H13NO2S. The molecule has 0 unspecified atom stereocenters. The molecule has 2 rings (SSSR count). The SMILES string of the molecule is Cc1ccc(C(=O)O)cc1SCc1ccc(C#N)cc1. The molecule has 0 heterocycles. The molecule has 0 bridgehead atoms. The van der Waals surface area contributed by atoms with E-state index in [-0.39, 0.29) is 0 Å². The molecule has 0 spiro atoms. The van der Waals surface area contributed by atoms with E-state index < -0.39 is 5.97 Å². The van der Waals surface area contributed by atoms with Crippen molar-refractivity contribution in [1.29, 1.82) is 5.26 Å². The van der Waals surface area contributed by atoms with Gasteiger partial charge in [0, 0.05) is 10.6 Å². The fraction of sp³-hybridized carbons (Fsp3) is 0.125. The molecule has 0 fully saturated rings. The largest absolute Gasteiger partial charge is 0.478 e. The number of carbonyl (C=O) groups is 1. The minimum atomic E-state index is -0.912.